The van der Waals surface area contributed by atoms with Gasteiger partial charge in [0.1, 0.15) is 18.3 Å². The first-order valence-electron chi connectivity index (χ1n) is 12.5. The van der Waals surface area contributed by atoms with Crippen LogP contribution in [-0.4, -0.2) is 50.9 Å². The summed E-state index contributed by atoms with van der Waals surface area (Å²) in [5, 5.41) is 2.93. The lowest BCUT2D eigenvalue weighted by atomic mass is 10.1. The van der Waals surface area contributed by atoms with Crippen molar-refractivity contribution in [1.82, 2.24) is 10.2 Å². The van der Waals surface area contributed by atoms with E-state index in [0.29, 0.717) is 11.4 Å². The third kappa shape index (κ3) is 7.13. The molecule has 0 saturated carbocycles. The molecule has 0 aromatic heterocycles. The van der Waals surface area contributed by atoms with Crippen molar-refractivity contribution in [2.24, 2.45) is 0 Å². The van der Waals surface area contributed by atoms with Gasteiger partial charge in [-0.25, -0.2) is 8.42 Å². The molecule has 0 unspecified atom stereocenters. The number of rotatable bonds is 12. The van der Waals surface area contributed by atoms with Crippen LogP contribution in [0.25, 0.3) is 0 Å². The van der Waals surface area contributed by atoms with E-state index in [0.717, 1.165) is 16.3 Å². The van der Waals surface area contributed by atoms with Crippen molar-refractivity contribution in [2.45, 2.75) is 50.7 Å². The van der Waals surface area contributed by atoms with Crippen LogP contribution >= 0.6 is 0 Å². The van der Waals surface area contributed by atoms with E-state index in [1.165, 1.54) is 24.1 Å². The summed E-state index contributed by atoms with van der Waals surface area (Å²) in [7, 11) is -2.62. The lowest BCUT2D eigenvalue weighted by Gasteiger charge is -2.32. The Kier molecular flexibility index (Phi) is 9.90. The highest BCUT2D eigenvalue weighted by Gasteiger charge is 2.32. The number of para-hydroxylation sites is 1. The number of sulfonamides is 1. The third-order valence-electron chi connectivity index (χ3n) is 6.33. The molecule has 3 rings (SSSR count). The van der Waals surface area contributed by atoms with Gasteiger partial charge in [0.2, 0.25) is 11.8 Å². The highest BCUT2D eigenvalue weighted by molar-refractivity contribution is 7.92. The van der Waals surface area contributed by atoms with E-state index >= 15 is 0 Å². The lowest BCUT2D eigenvalue weighted by molar-refractivity contribution is -0.139. The minimum atomic E-state index is -4.12. The van der Waals surface area contributed by atoms with Crippen molar-refractivity contribution in [2.75, 3.05) is 18.0 Å². The molecule has 0 aliphatic carbocycles. The molecule has 1 N–H and O–H groups in total. The van der Waals surface area contributed by atoms with E-state index in [2.05, 4.69) is 5.32 Å². The molecule has 0 saturated heterocycles. The molecule has 0 fully saturated rings. The van der Waals surface area contributed by atoms with Crippen molar-refractivity contribution in [3.05, 3.63) is 90.5 Å². The normalized spacial score (nSPS) is 12.7. The first-order chi connectivity index (χ1) is 18.2. The molecule has 202 valence electrons. The average molecular weight is 538 g/mol. The molecule has 0 radical (unpaired) electrons. The summed E-state index contributed by atoms with van der Waals surface area (Å²) in [4.78, 5) is 28.3. The zero-order valence-corrected chi connectivity index (χ0v) is 23.0. The van der Waals surface area contributed by atoms with E-state index in [4.69, 9.17) is 4.74 Å². The van der Waals surface area contributed by atoms with Gasteiger partial charge in [0.05, 0.1) is 17.7 Å². The van der Waals surface area contributed by atoms with E-state index in [9.17, 15) is 18.0 Å². The molecule has 0 heterocycles. The molecule has 0 bridgehead atoms. The molecule has 3 aromatic carbocycles. The van der Waals surface area contributed by atoms with Crippen LogP contribution in [0.4, 0.5) is 5.69 Å². The van der Waals surface area contributed by atoms with Gasteiger partial charge in [-0.1, -0.05) is 55.5 Å². The van der Waals surface area contributed by atoms with Gasteiger partial charge in [-0.15, -0.1) is 0 Å². The summed E-state index contributed by atoms with van der Waals surface area (Å²) in [5.74, 6) is -0.282. The molecule has 0 spiro atoms. The standard InChI is InChI=1S/C29H35N3O5S/c1-5-22(2)30-29(34)23(3)31(20-24-12-8-6-9-13-24)28(33)21-32(25-14-10-7-11-15-25)38(35,36)27-18-16-26(37-4)17-19-27/h6-19,22-23H,5,20-21H2,1-4H3,(H,30,34)/t22-,23-/m0/s1. The Bertz CT molecular complexity index is 1300. The monoisotopic (exact) mass is 537 g/mol. The summed E-state index contributed by atoms with van der Waals surface area (Å²) in [6.45, 7) is 5.19. The Balaban J connectivity index is 1.98. The largest absolute Gasteiger partial charge is 0.497 e. The van der Waals surface area contributed by atoms with Crippen LogP contribution in [0.2, 0.25) is 0 Å². The SMILES string of the molecule is CC[C@H](C)NC(=O)[C@H](C)N(Cc1ccccc1)C(=O)CN(c1ccccc1)S(=O)(=O)c1ccc(OC)cc1. The van der Waals surface area contributed by atoms with Crippen LogP contribution < -0.4 is 14.4 Å². The van der Waals surface area contributed by atoms with E-state index in [-0.39, 0.29) is 23.4 Å². The van der Waals surface area contributed by atoms with Crippen LogP contribution in [0.5, 0.6) is 5.75 Å². The number of hydrogen-bond acceptors (Lipinski definition) is 5. The second-order valence-corrected chi connectivity index (χ2v) is 10.9. The summed E-state index contributed by atoms with van der Waals surface area (Å²) in [6.07, 6.45) is 0.743. The van der Waals surface area contributed by atoms with Crippen molar-refractivity contribution in [3.8, 4) is 5.75 Å². The van der Waals surface area contributed by atoms with Gasteiger partial charge < -0.3 is 15.0 Å². The molecule has 2 atom stereocenters. The number of anilines is 1. The quantitative estimate of drug-likeness (QED) is 0.373. The number of carbonyl (C=O) groups excluding carboxylic acids is 2. The molecular weight excluding hydrogens is 502 g/mol. The second kappa shape index (κ2) is 13.1. The van der Waals surface area contributed by atoms with Crippen LogP contribution in [0, 0.1) is 0 Å². The van der Waals surface area contributed by atoms with Gasteiger partial charge in [-0.3, -0.25) is 13.9 Å². The van der Waals surface area contributed by atoms with Gasteiger partial charge in [0.15, 0.2) is 0 Å². The van der Waals surface area contributed by atoms with E-state index in [1.807, 2.05) is 44.2 Å². The number of benzene rings is 3. The fourth-order valence-corrected chi connectivity index (χ4v) is 5.24. The average Bonchev–Trinajstić information content (AvgIpc) is 2.94. The van der Waals surface area contributed by atoms with Gasteiger partial charge in [-0.05, 0) is 62.2 Å². The fraction of sp³-hybridized carbons (Fsp3) is 0.310. The number of carbonyl (C=O) groups is 2. The Morgan fingerprint density at radius 3 is 2.03 bits per heavy atom. The highest BCUT2D eigenvalue weighted by atomic mass is 32.2. The number of ether oxygens (including phenoxy) is 1. The topological polar surface area (TPSA) is 96.0 Å². The number of hydrogen-bond donors (Lipinski definition) is 1. The van der Waals surface area contributed by atoms with Crippen LogP contribution in [0.3, 0.4) is 0 Å². The van der Waals surface area contributed by atoms with Crippen LogP contribution in [0.1, 0.15) is 32.8 Å². The molecular formula is C29H35N3O5S. The van der Waals surface area contributed by atoms with Crippen LogP contribution in [0.15, 0.2) is 89.8 Å². The first-order valence-corrected chi connectivity index (χ1v) is 14.0. The molecule has 38 heavy (non-hydrogen) atoms. The molecule has 3 aromatic rings. The summed E-state index contributed by atoms with van der Waals surface area (Å²) in [5.41, 5.74) is 1.17. The summed E-state index contributed by atoms with van der Waals surface area (Å²) < 4.78 is 33.8. The van der Waals surface area contributed by atoms with Gasteiger partial charge in [0.25, 0.3) is 10.0 Å². The number of nitrogens with one attached hydrogen (secondary N) is 1. The minimum absolute atomic E-state index is 0.0205. The molecule has 0 aliphatic rings. The number of methoxy groups -OCH3 is 1. The lowest BCUT2D eigenvalue weighted by Crippen LogP contribution is -2.52. The van der Waals surface area contributed by atoms with Gasteiger partial charge >= 0.3 is 0 Å². The second-order valence-electron chi connectivity index (χ2n) is 9.02. The maximum atomic E-state index is 13.8. The molecule has 9 heteroatoms. The van der Waals surface area contributed by atoms with Gasteiger partial charge in [0, 0.05) is 12.6 Å². The van der Waals surface area contributed by atoms with Crippen molar-refractivity contribution < 1.29 is 22.7 Å². The Hall–Kier alpha value is -3.85. The van der Waals surface area contributed by atoms with Crippen molar-refractivity contribution >= 4 is 27.5 Å². The van der Waals surface area contributed by atoms with E-state index in [1.54, 1.807) is 49.4 Å². The Labute approximate surface area is 225 Å². The zero-order chi connectivity index (χ0) is 27.7. The number of nitrogens with zero attached hydrogens (tertiary/aromatic N) is 2. The van der Waals surface area contributed by atoms with Crippen molar-refractivity contribution in [1.29, 1.82) is 0 Å². The summed E-state index contributed by atoms with van der Waals surface area (Å²) >= 11 is 0. The first kappa shape index (κ1) is 28.7. The zero-order valence-electron chi connectivity index (χ0n) is 22.2. The van der Waals surface area contributed by atoms with Crippen LogP contribution in [-0.2, 0) is 26.2 Å². The highest BCUT2D eigenvalue weighted by Crippen LogP contribution is 2.25. The Morgan fingerprint density at radius 1 is 0.895 bits per heavy atom. The third-order valence-corrected chi connectivity index (χ3v) is 8.12. The molecule has 2 amide bonds. The maximum Gasteiger partial charge on any atom is 0.264 e. The predicted molar refractivity (Wildman–Crippen MR) is 148 cm³/mol. The minimum Gasteiger partial charge on any atom is -0.497 e. The van der Waals surface area contributed by atoms with E-state index < -0.39 is 28.5 Å². The maximum absolute atomic E-state index is 13.8. The van der Waals surface area contributed by atoms with Gasteiger partial charge in [-0.2, -0.15) is 0 Å². The smallest absolute Gasteiger partial charge is 0.264 e. The predicted octanol–water partition coefficient (Wildman–Crippen LogP) is 4.22. The molecule has 0 aliphatic heterocycles. The van der Waals surface area contributed by atoms with Crippen molar-refractivity contribution in [3.63, 3.8) is 0 Å². The number of amides is 2. The fourth-order valence-electron chi connectivity index (χ4n) is 3.83. The summed E-state index contributed by atoms with van der Waals surface area (Å²) in [6, 6.07) is 22.9. The molecule has 8 nitrogen and oxygen atoms in total. The Morgan fingerprint density at radius 2 is 1.47 bits per heavy atom.